The number of pyridine rings is 1. The number of hydrogen-bond donors (Lipinski definition) is 2. The molecular formula is C23H40IN7O. The molecule has 2 N–H and O–H groups in total. The highest BCUT2D eigenvalue weighted by molar-refractivity contribution is 14.0. The van der Waals surface area contributed by atoms with Crippen LogP contribution in [0.15, 0.2) is 29.4 Å². The molecule has 1 aromatic rings. The fraction of sp³-hybridized carbons (Fsp3) is 0.696. The van der Waals surface area contributed by atoms with Crippen molar-refractivity contribution in [2.75, 3.05) is 64.3 Å². The van der Waals surface area contributed by atoms with Crippen LogP contribution in [-0.2, 0) is 4.79 Å². The van der Waals surface area contributed by atoms with Gasteiger partial charge < -0.3 is 20.4 Å². The minimum Gasteiger partial charge on any atom is -0.356 e. The normalized spacial score (nSPS) is 18.2. The number of carbonyl (C=O) groups excluding carboxylic acids is 1. The average Bonchev–Trinajstić information content (AvgIpc) is 2.82. The van der Waals surface area contributed by atoms with E-state index in [1.54, 1.807) is 7.05 Å². The smallest absolute Gasteiger partial charge is 0.224 e. The second kappa shape index (κ2) is 13.2. The van der Waals surface area contributed by atoms with Crippen LogP contribution >= 0.6 is 24.0 Å². The van der Waals surface area contributed by atoms with Gasteiger partial charge in [0, 0.05) is 64.5 Å². The van der Waals surface area contributed by atoms with Crippen molar-refractivity contribution in [1.29, 1.82) is 0 Å². The van der Waals surface area contributed by atoms with Gasteiger partial charge in [-0.1, -0.05) is 12.5 Å². The summed E-state index contributed by atoms with van der Waals surface area (Å²) < 4.78 is 0. The summed E-state index contributed by atoms with van der Waals surface area (Å²) in [6, 6.07) is 5.94. The SMILES string of the molecule is CN=C(NCCC(=O)N1CCN(c2ccccn2)CC1)NCC(C)(C)N1CCCCC1.I. The number of piperazine rings is 1. The van der Waals surface area contributed by atoms with Crippen molar-refractivity contribution in [2.45, 2.75) is 45.1 Å². The molecule has 0 spiro atoms. The zero-order chi connectivity index (χ0) is 22.1. The zero-order valence-corrected chi connectivity index (χ0v) is 22.2. The van der Waals surface area contributed by atoms with Gasteiger partial charge in [0.25, 0.3) is 0 Å². The van der Waals surface area contributed by atoms with Crippen molar-refractivity contribution < 1.29 is 4.79 Å². The molecule has 1 amide bonds. The topological polar surface area (TPSA) is 76.1 Å². The number of halogens is 1. The first-order valence-electron chi connectivity index (χ1n) is 11.6. The molecule has 0 bridgehead atoms. The third-order valence-corrected chi connectivity index (χ3v) is 6.36. The summed E-state index contributed by atoms with van der Waals surface area (Å²) in [5, 5.41) is 6.74. The Labute approximate surface area is 210 Å². The van der Waals surface area contributed by atoms with Crippen LogP contribution < -0.4 is 15.5 Å². The molecule has 0 atom stereocenters. The second-order valence-corrected chi connectivity index (χ2v) is 9.02. The van der Waals surface area contributed by atoms with Crippen LogP contribution in [0.4, 0.5) is 5.82 Å². The van der Waals surface area contributed by atoms with Crippen molar-refractivity contribution in [1.82, 2.24) is 25.4 Å². The van der Waals surface area contributed by atoms with E-state index < -0.39 is 0 Å². The minimum atomic E-state index is 0. The summed E-state index contributed by atoms with van der Waals surface area (Å²) in [7, 11) is 1.78. The predicted molar refractivity (Wildman–Crippen MR) is 142 cm³/mol. The predicted octanol–water partition coefficient (Wildman–Crippen LogP) is 2.17. The van der Waals surface area contributed by atoms with E-state index in [9.17, 15) is 4.79 Å². The van der Waals surface area contributed by atoms with Crippen LogP contribution in [0.25, 0.3) is 0 Å². The lowest BCUT2D eigenvalue weighted by molar-refractivity contribution is -0.131. The van der Waals surface area contributed by atoms with Crippen LogP contribution in [0.3, 0.4) is 0 Å². The van der Waals surface area contributed by atoms with Crippen LogP contribution in [0.5, 0.6) is 0 Å². The van der Waals surface area contributed by atoms with Gasteiger partial charge in [0.05, 0.1) is 0 Å². The Hall–Kier alpha value is -1.62. The first-order valence-corrected chi connectivity index (χ1v) is 11.6. The number of aliphatic imine (C=N–C) groups is 1. The van der Waals surface area contributed by atoms with Gasteiger partial charge in [0.2, 0.25) is 5.91 Å². The highest BCUT2D eigenvalue weighted by Gasteiger charge is 2.28. The van der Waals surface area contributed by atoms with Gasteiger partial charge in [-0.2, -0.15) is 0 Å². The van der Waals surface area contributed by atoms with E-state index in [1.165, 1.54) is 32.4 Å². The number of nitrogens with one attached hydrogen (secondary N) is 2. The number of anilines is 1. The van der Waals surface area contributed by atoms with Crippen LogP contribution in [0.2, 0.25) is 0 Å². The van der Waals surface area contributed by atoms with E-state index in [0.717, 1.165) is 44.5 Å². The molecule has 3 heterocycles. The molecule has 2 aliphatic heterocycles. The summed E-state index contributed by atoms with van der Waals surface area (Å²) in [5.41, 5.74) is 0.0845. The Kier molecular flexibility index (Phi) is 11.0. The zero-order valence-electron chi connectivity index (χ0n) is 19.8. The fourth-order valence-corrected chi connectivity index (χ4v) is 4.30. The first kappa shape index (κ1) is 26.6. The molecule has 8 nitrogen and oxygen atoms in total. The molecule has 180 valence electrons. The number of likely N-dealkylation sites (tertiary alicyclic amines) is 1. The highest BCUT2D eigenvalue weighted by Crippen LogP contribution is 2.19. The van der Waals surface area contributed by atoms with E-state index >= 15 is 0 Å². The van der Waals surface area contributed by atoms with E-state index in [4.69, 9.17) is 0 Å². The van der Waals surface area contributed by atoms with Crippen molar-refractivity contribution in [3.05, 3.63) is 24.4 Å². The molecule has 0 unspecified atom stereocenters. The Morgan fingerprint density at radius 1 is 1.06 bits per heavy atom. The second-order valence-electron chi connectivity index (χ2n) is 9.02. The number of hydrogen-bond acceptors (Lipinski definition) is 5. The van der Waals surface area contributed by atoms with Gasteiger partial charge in [-0.25, -0.2) is 4.98 Å². The molecule has 0 aromatic carbocycles. The van der Waals surface area contributed by atoms with E-state index in [2.05, 4.69) is 44.3 Å². The van der Waals surface area contributed by atoms with Crippen LogP contribution in [0, 0.1) is 0 Å². The number of guanidine groups is 1. The van der Waals surface area contributed by atoms with Crippen LogP contribution in [0.1, 0.15) is 39.5 Å². The number of piperidine rings is 1. The van der Waals surface area contributed by atoms with Gasteiger partial charge in [0.1, 0.15) is 5.82 Å². The maximum atomic E-state index is 12.6. The van der Waals surface area contributed by atoms with Crippen LogP contribution in [-0.4, -0.2) is 91.6 Å². The molecule has 0 radical (unpaired) electrons. The Balaban J connectivity index is 0.00000363. The summed E-state index contributed by atoms with van der Waals surface area (Å²) in [6.45, 7) is 11.5. The lowest BCUT2D eigenvalue weighted by Crippen LogP contribution is -2.55. The van der Waals surface area contributed by atoms with Crippen molar-refractivity contribution >= 4 is 41.7 Å². The summed E-state index contributed by atoms with van der Waals surface area (Å²) in [4.78, 5) is 28.1. The van der Waals surface area contributed by atoms with Crippen molar-refractivity contribution in [3.8, 4) is 0 Å². The lowest BCUT2D eigenvalue weighted by atomic mass is 9.98. The quantitative estimate of drug-likeness (QED) is 0.304. The number of nitrogens with zero attached hydrogens (tertiary/aromatic N) is 5. The Morgan fingerprint density at radius 2 is 1.78 bits per heavy atom. The highest BCUT2D eigenvalue weighted by atomic mass is 127. The summed E-state index contributed by atoms with van der Waals surface area (Å²) >= 11 is 0. The van der Waals surface area contributed by atoms with Gasteiger partial charge in [-0.05, 0) is 51.9 Å². The largest absolute Gasteiger partial charge is 0.356 e. The van der Waals surface area contributed by atoms with E-state index in [-0.39, 0.29) is 35.4 Å². The molecule has 0 aliphatic carbocycles. The average molecular weight is 558 g/mol. The molecule has 32 heavy (non-hydrogen) atoms. The van der Waals surface area contributed by atoms with E-state index in [0.29, 0.717) is 13.0 Å². The summed E-state index contributed by atoms with van der Waals surface area (Å²) in [6.07, 6.45) is 6.20. The molecular weight excluding hydrogens is 517 g/mol. The standard InChI is InChI=1S/C23H39N7O.HI/c1-23(2,30-13-7-4-8-14-30)19-27-22(24-3)26-12-10-21(31)29-17-15-28(16-18-29)20-9-5-6-11-25-20;/h5-6,9,11H,4,7-8,10,12-19H2,1-3H3,(H2,24,26,27);1H. The van der Waals surface area contributed by atoms with Gasteiger partial charge in [0.15, 0.2) is 5.96 Å². The third-order valence-electron chi connectivity index (χ3n) is 6.36. The van der Waals surface area contributed by atoms with E-state index in [1.807, 2.05) is 29.3 Å². The summed E-state index contributed by atoms with van der Waals surface area (Å²) in [5.74, 6) is 1.94. The number of aromatic nitrogens is 1. The maximum absolute atomic E-state index is 12.6. The molecule has 2 saturated heterocycles. The number of carbonyl (C=O) groups is 1. The lowest BCUT2D eigenvalue weighted by Gasteiger charge is -2.41. The Bertz CT molecular complexity index is 714. The molecule has 1 aromatic heterocycles. The number of rotatable bonds is 7. The van der Waals surface area contributed by atoms with Gasteiger partial charge >= 0.3 is 0 Å². The monoisotopic (exact) mass is 557 g/mol. The molecule has 2 aliphatic rings. The maximum Gasteiger partial charge on any atom is 0.224 e. The minimum absolute atomic E-state index is 0. The molecule has 9 heteroatoms. The molecule has 0 saturated carbocycles. The Morgan fingerprint density at radius 3 is 2.41 bits per heavy atom. The fourth-order valence-electron chi connectivity index (χ4n) is 4.30. The molecule has 2 fully saturated rings. The van der Waals surface area contributed by atoms with Gasteiger partial charge in [-0.15, -0.1) is 24.0 Å². The van der Waals surface area contributed by atoms with Crippen molar-refractivity contribution in [2.24, 2.45) is 4.99 Å². The van der Waals surface area contributed by atoms with Gasteiger partial charge in [-0.3, -0.25) is 14.7 Å². The third kappa shape index (κ3) is 7.75. The molecule has 3 rings (SSSR count). The number of amides is 1. The first-order chi connectivity index (χ1) is 15.0. The van der Waals surface area contributed by atoms with Crippen molar-refractivity contribution in [3.63, 3.8) is 0 Å².